The molecule has 0 bridgehead atoms. The molecule has 0 aliphatic carbocycles. The van der Waals surface area contributed by atoms with Crippen LogP contribution >= 0.6 is 0 Å². The Bertz CT molecular complexity index is 76.0. The van der Waals surface area contributed by atoms with Crippen molar-refractivity contribution in [2.75, 3.05) is 13.7 Å². The summed E-state index contributed by atoms with van der Waals surface area (Å²) in [5, 5.41) is 0. The largest absolute Gasteiger partial charge is 0.356 e. The van der Waals surface area contributed by atoms with E-state index in [4.69, 9.17) is 9.47 Å². The van der Waals surface area contributed by atoms with Crippen LogP contribution in [0.25, 0.3) is 0 Å². The lowest BCUT2D eigenvalue weighted by Crippen LogP contribution is -2.13. The molecule has 1 atom stereocenters. The maximum atomic E-state index is 5.31. The molecule has 0 aliphatic rings. The summed E-state index contributed by atoms with van der Waals surface area (Å²) < 4.78 is 10.2. The second-order valence-electron chi connectivity index (χ2n) is 2.86. The summed E-state index contributed by atoms with van der Waals surface area (Å²) >= 11 is 0. The van der Waals surface area contributed by atoms with Gasteiger partial charge in [-0.3, -0.25) is 0 Å². The molecule has 0 aromatic carbocycles. The van der Waals surface area contributed by atoms with Crippen molar-refractivity contribution in [3.05, 3.63) is 0 Å². The van der Waals surface area contributed by atoms with Crippen LogP contribution in [0.1, 0.15) is 6.92 Å². The first-order chi connectivity index (χ1) is 4.66. The van der Waals surface area contributed by atoms with Gasteiger partial charge in [0.05, 0.1) is 0 Å². The molecule has 1 unspecified atom stereocenters. The zero-order chi connectivity index (χ0) is 7.98. The number of hydrogen-bond donors (Lipinski definition) is 0. The highest BCUT2D eigenvalue weighted by atomic mass is 28.3. The van der Waals surface area contributed by atoms with Gasteiger partial charge in [-0.05, 0) is 13.0 Å². The number of methoxy groups -OCH3 is 1. The van der Waals surface area contributed by atoms with E-state index < -0.39 is 8.80 Å². The zero-order valence-electron chi connectivity index (χ0n) is 7.39. The molecule has 62 valence electrons. The fraction of sp³-hybridized carbons (Fsp3) is 1.00. The predicted octanol–water partition coefficient (Wildman–Crippen LogP) is 1.48. The Balaban J connectivity index is 3.03. The fourth-order valence-corrected chi connectivity index (χ4v) is 1.15. The maximum absolute atomic E-state index is 5.31. The highest BCUT2D eigenvalue weighted by molar-refractivity contribution is 6.55. The fourth-order valence-electron chi connectivity index (χ4n) is 0.538. The van der Waals surface area contributed by atoms with Crippen molar-refractivity contribution >= 4 is 8.80 Å². The van der Waals surface area contributed by atoms with Crippen molar-refractivity contribution in [3.63, 3.8) is 0 Å². The third-order valence-corrected chi connectivity index (χ3v) is 2.77. The molecule has 0 aromatic rings. The summed E-state index contributed by atoms with van der Waals surface area (Å²) in [7, 11) is 1.24. The van der Waals surface area contributed by atoms with Crippen molar-refractivity contribution < 1.29 is 9.47 Å². The van der Waals surface area contributed by atoms with Gasteiger partial charge in [-0.25, -0.2) is 0 Å². The second-order valence-corrected chi connectivity index (χ2v) is 6.22. The van der Waals surface area contributed by atoms with Gasteiger partial charge in [0.2, 0.25) is 0 Å². The minimum Gasteiger partial charge on any atom is -0.356 e. The molecule has 0 spiro atoms. The molecule has 0 rings (SSSR count). The first-order valence-corrected chi connectivity index (χ1v) is 6.93. The molecule has 0 fully saturated rings. The maximum Gasteiger partial charge on any atom is 0.154 e. The average Bonchev–Trinajstić information content (AvgIpc) is 1.87. The highest BCUT2D eigenvalue weighted by Gasteiger charge is 1.99. The van der Waals surface area contributed by atoms with Gasteiger partial charge in [0, 0.05) is 22.5 Å². The molecule has 10 heavy (non-hydrogen) atoms. The smallest absolute Gasteiger partial charge is 0.154 e. The van der Waals surface area contributed by atoms with Crippen molar-refractivity contribution in [2.24, 2.45) is 0 Å². The summed E-state index contributed by atoms with van der Waals surface area (Å²) in [4.78, 5) is 0. The standard InChI is InChI=1S/C7H18O2Si/c1-7(8-2)9-5-6-10(3)4/h7,10H,5-6H2,1-4H3. The molecule has 3 heteroatoms. The van der Waals surface area contributed by atoms with E-state index in [9.17, 15) is 0 Å². The van der Waals surface area contributed by atoms with Gasteiger partial charge < -0.3 is 9.47 Å². The van der Waals surface area contributed by atoms with Crippen LogP contribution in [0.2, 0.25) is 19.1 Å². The monoisotopic (exact) mass is 162 g/mol. The minimum absolute atomic E-state index is 0.0345. The Kier molecular flexibility index (Phi) is 5.97. The normalized spacial score (nSPS) is 14.1. The van der Waals surface area contributed by atoms with Crippen LogP contribution in [-0.4, -0.2) is 28.8 Å². The van der Waals surface area contributed by atoms with E-state index in [2.05, 4.69) is 13.1 Å². The first kappa shape index (κ1) is 10.1. The molecule has 0 radical (unpaired) electrons. The molecule has 0 saturated carbocycles. The van der Waals surface area contributed by atoms with Gasteiger partial charge in [0.25, 0.3) is 0 Å². The van der Waals surface area contributed by atoms with Crippen LogP contribution in [0, 0.1) is 0 Å². The lowest BCUT2D eigenvalue weighted by atomic mass is 10.7. The van der Waals surface area contributed by atoms with Crippen LogP contribution in [0.3, 0.4) is 0 Å². The van der Waals surface area contributed by atoms with Crippen LogP contribution in [0.4, 0.5) is 0 Å². The van der Waals surface area contributed by atoms with E-state index in [-0.39, 0.29) is 6.29 Å². The summed E-state index contributed by atoms with van der Waals surface area (Å²) in [5.41, 5.74) is 0. The molecule has 0 aromatic heterocycles. The Morgan fingerprint density at radius 2 is 2.00 bits per heavy atom. The van der Waals surface area contributed by atoms with Crippen molar-refractivity contribution in [3.8, 4) is 0 Å². The Labute approximate surface area is 65.1 Å². The molecule has 0 heterocycles. The van der Waals surface area contributed by atoms with Crippen molar-refractivity contribution in [1.82, 2.24) is 0 Å². The topological polar surface area (TPSA) is 18.5 Å². The Morgan fingerprint density at radius 3 is 2.40 bits per heavy atom. The molecular weight excluding hydrogens is 144 g/mol. The third-order valence-electron chi connectivity index (χ3n) is 1.38. The lowest BCUT2D eigenvalue weighted by molar-refractivity contribution is -0.106. The molecule has 0 aliphatic heterocycles. The van der Waals surface area contributed by atoms with E-state index in [0.29, 0.717) is 0 Å². The SMILES string of the molecule is COC(C)OCC[SiH](C)C. The molecule has 0 saturated heterocycles. The van der Waals surface area contributed by atoms with Gasteiger partial charge in [0.1, 0.15) is 0 Å². The van der Waals surface area contributed by atoms with Crippen molar-refractivity contribution in [2.45, 2.75) is 32.4 Å². The summed E-state index contributed by atoms with van der Waals surface area (Å²) in [5.74, 6) is 0. The Morgan fingerprint density at radius 1 is 1.40 bits per heavy atom. The van der Waals surface area contributed by atoms with E-state index in [1.54, 1.807) is 7.11 Å². The zero-order valence-corrected chi connectivity index (χ0v) is 8.54. The molecule has 2 nitrogen and oxygen atoms in total. The van der Waals surface area contributed by atoms with Crippen LogP contribution in [0.15, 0.2) is 0 Å². The van der Waals surface area contributed by atoms with Gasteiger partial charge >= 0.3 is 0 Å². The molecule has 0 N–H and O–H groups in total. The van der Waals surface area contributed by atoms with E-state index in [0.717, 1.165) is 6.61 Å². The first-order valence-electron chi connectivity index (χ1n) is 3.81. The third kappa shape index (κ3) is 6.26. The van der Waals surface area contributed by atoms with Crippen LogP contribution in [0.5, 0.6) is 0 Å². The van der Waals surface area contributed by atoms with Gasteiger partial charge in [-0.1, -0.05) is 13.1 Å². The molecular formula is C7H18O2Si. The number of hydrogen-bond acceptors (Lipinski definition) is 2. The van der Waals surface area contributed by atoms with Crippen molar-refractivity contribution in [1.29, 1.82) is 0 Å². The van der Waals surface area contributed by atoms with E-state index in [1.807, 2.05) is 6.92 Å². The minimum atomic E-state index is -0.421. The average molecular weight is 162 g/mol. The summed E-state index contributed by atoms with van der Waals surface area (Å²) in [6.45, 7) is 7.42. The van der Waals surface area contributed by atoms with Crippen LogP contribution in [-0.2, 0) is 9.47 Å². The highest BCUT2D eigenvalue weighted by Crippen LogP contribution is 1.96. The predicted molar refractivity (Wildman–Crippen MR) is 46.1 cm³/mol. The number of ether oxygens (including phenoxy) is 2. The van der Waals surface area contributed by atoms with Gasteiger partial charge in [-0.2, -0.15) is 0 Å². The summed E-state index contributed by atoms with van der Waals surface area (Å²) in [6.07, 6.45) is -0.0345. The van der Waals surface area contributed by atoms with Crippen LogP contribution < -0.4 is 0 Å². The molecule has 0 amide bonds. The Hall–Kier alpha value is 0.137. The summed E-state index contributed by atoms with van der Waals surface area (Å²) in [6, 6.07) is 1.24. The second kappa shape index (κ2) is 5.89. The van der Waals surface area contributed by atoms with E-state index in [1.165, 1.54) is 6.04 Å². The van der Waals surface area contributed by atoms with Gasteiger partial charge in [0.15, 0.2) is 6.29 Å². The lowest BCUT2D eigenvalue weighted by Gasteiger charge is -2.10. The van der Waals surface area contributed by atoms with E-state index >= 15 is 0 Å². The quantitative estimate of drug-likeness (QED) is 0.450. The van der Waals surface area contributed by atoms with Gasteiger partial charge in [-0.15, -0.1) is 0 Å². The number of rotatable bonds is 5.